The standard InChI is InChI=1S/C14H19N3O3/c1-14(5-2-6-15-9-14)13(20)17-11-4-3-10(16-8-11)7-12(18)19/h3-4,8,15H,2,5-7,9H2,1H3,(H,17,20)(H,18,19). The second-order valence-corrected chi connectivity index (χ2v) is 5.40. The van der Waals surface area contributed by atoms with Crippen LogP contribution in [0.15, 0.2) is 18.3 Å². The largest absolute Gasteiger partial charge is 0.481 e. The van der Waals surface area contributed by atoms with Crippen LogP contribution in [0.1, 0.15) is 25.5 Å². The molecule has 2 heterocycles. The minimum Gasteiger partial charge on any atom is -0.481 e. The molecular weight excluding hydrogens is 258 g/mol. The van der Waals surface area contributed by atoms with Gasteiger partial charge in [-0.2, -0.15) is 0 Å². The summed E-state index contributed by atoms with van der Waals surface area (Å²) < 4.78 is 0. The van der Waals surface area contributed by atoms with Crippen molar-refractivity contribution in [2.75, 3.05) is 18.4 Å². The molecule has 0 radical (unpaired) electrons. The Morgan fingerprint density at radius 2 is 2.30 bits per heavy atom. The first-order valence-corrected chi connectivity index (χ1v) is 6.68. The van der Waals surface area contributed by atoms with E-state index in [1.54, 1.807) is 12.1 Å². The number of hydrogen-bond donors (Lipinski definition) is 3. The number of nitrogens with one attached hydrogen (secondary N) is 2. The van der Waals surface area contributed by atoms with Crippen LogP contribution in [-0.4, -0.2) is 35.1 Å². The van der Waals surface area contributed by atoms with Crippen LogP contribution in [0.25, 0.3) is 0 Å². The van der Waals surface area contributed by atoms with Crippen LogP contribution in [0, 0.1) is 5.41 Å². The van der Waals surface area contributed by atoms with Crippen molar-refractivity contribution in [1.82, 2.24) is 10.3 Å². The Kier molecular flexibility index (Phi) is 4.34. The Labute approximate surface area is 117 Å². The maximum absolute atomic E-state index is 12.3. The molecule has 6 heteroatoms. The average molecular weight is 277 g/mol. The van der Waals surface area contributed by atoms with Gasteiger partial charge in [0.05, 0.1) is 29.4 Å². The first-order chi connectivity index (χ1) is 9.49. The molecule has 0 aliphatic carbocycles. The fourth-order valence-corrected chi connectivity index (χ4v) is 2.29. The minimum absolute atomic E-state index is 0.0301. The van der Waals surface area contributed by atoms with Gasteiger partial charge < -0.3 is 15.7 Å². The number of carbonyl (C=O) groups excluding carboxylic acids is 1. The molecule has 0 saturated carbocycles. The molecule has 0 spiro atoms. The first kappa shape index (κ1) is 14.5. The lowest BCUT2D eigenvalue weighted by Gasteiger charge is -2.32. The van der Waals surface area contributed by atoms with Crippen molar-refractivity contribution in [3.8, 4) is 0 Å². The SMILES string of the molecule is CC1(C(=O)Nc2ccc(CC(=O)O)nc2)CCCNC1. The smallest absolute Gasteiger partial charge is 0.309 e. The van der Waals surface area contributed by atoms with E-state index in [9.17, 15) is 9.59 Å². The van der Waals surface area contributed by atoms with Crippen molar-refractivity contribution in [2.45, 2.75) is 26.2 Å². The quantitative estimate of drug-likeness (QED) is 0.765. The highest BCUT2D eigenvalue weighted by Crippen LogP contribution is 2.27. The van der Waals surface area contributed by atoms with Gasteiger partial charge in [0, 0.05) is 6.54 Å². The highest BCUT2D eigenvalue weighted by Gasteiger charge is 2.34. The van der Waals surface area contributed by atoms with Gasteiger partial charge in [0.2, 0.25) is 5.91 Å². The van der Waals surface area contributed by atoms with Crippen molar-refractivity contribution in [3.63, 3.8) is 0 Å². The molecule has 1 saturated heterocycles. The third-order valence-corrected chi connectivity index (χ3v) is 3.56. The summed E-state index contributed by atoms with van der Waals surface area (Å²) in [4.78, 5) is 26.9. The van der Waals surface area contributed by atoms with E-state index in [0.29, 0.717) is 17.9 Å². The first-order valence-electron chi connectivity index (χ1n) is 6.68. The molecule has 6 nitrogen and oxygen atoms in total. The van der Waals surface area contributed by atoms with Crippen molar-refractivity contribution in [1.29, 1.82) is 0 Å². The van der Waals surface area contributed by atoms with Crippen LogP contribution in [0.5, 0.6) is 0 Å². The summed E-state index contributed by atoms with van der Waals surface area (Å²) in [5.41, 5.74) is 0.662. The summed E-state index contributed by atoms with van der Waals surface area (Å²) in [6.45, 7) is 3.57. The normalized spacial score (nSPS) is 22.2. The van der Waals surface area contributed by atoms with Crippen LogP contribution in [0.4, 0.5) is 5.69 Å². The summed E-state index contributed by atoms with van der Waals surface area (Å²) in [6.07, 6.45) is 3.22. The monoisotopic (exact) mass is 277 g/mol. The predicted octanol–water partition coefficient (Wildman–Crippen LogP) is 1.04. The molecular formula is C14H19N3O3. The molecule has 1 unspecified atom stereocenters. The lowest BCUT2D eigenvalue weighted by molar-refractivity contribution is -0.136. The molecule has 1 amide bonds. The van der Waals surface area contributed by atoms with E-state index in [4.69, 9.17) is 5.11 Å². The van der Waals surface area contributed by atoms with E-state index in [0.717, 1.165) is 19.4 Å². The molecule has 1 aromatic rings. The fraction of sp³-hybridized carbons (Fsp3) is 0.500. The van der Waals surface area contributed by atoms with Crippen LogP contribution >= 0.6 is 0 Å². The van der Waals surface area contributed by atoms with Gasteiger partial charge in [-0.1, -0.05) is 0 Å². The Morgan fingerprint density at radius 1 is 1.50 bits per heavy atom. The third kappa shape index (κ3) is 3.54. The molecule has 2 rings (SSSR count). The number of carboxylic acids is 1. The van der Waals surface area contributed by atoms with Crippen LogP contribution in [0.2, 0.25) is 0 Å². The zero-order chi connectivity index (χ0) is 14.6. The molecule has 0 bridgehead atoms. The molecule has 1 fully saturated rings. The molecule has 1 aliphatic heterocycles. The highest BCUT2D eigenvalue weighted by molar-refractivity contribution is 5.95. The average Bonchev–Trinajstić information content (AvgIpc) is 2.41. The number of aromatic nitrogens is 1. The van der Waals surface area contributed by atoms with Crippen molar-refractivity contribution in [2.24, 2.45) is 5.41 Å². The molecule has 1 aromatic heterocycles. The van der Waals surface area contributed by atoms with Gasteiger partial charge in [-0.3, -0.25) is 14.6 Å². The van der Waals surface area contributed by atoms with E-state index < -0.39 is 11.4 Å². The van der Waals surface area contributed by atoms with Gasteiger partial charge in [0.1, 0.15) is 0 Å². The van der Waals surface area contributed by atoms with Gasteiger partial charge in [-0.15, -0.1) is 0 Å². The number of carbonyl (C=O) groups is 2. The number of carboxylic acid groups (broad SMARTS) is 1. The molecule has 108 valence electrons. The Hall–Kier alpha value is -1.95. The zero-order valence-corrected chi connectivity index (χ0v) is 11.5. The van der Waals surface area contributed by atoms with E-state index in [2.05, 4.69) is 15.6 Å². The number of piperidine rings is 1. The Balaban J connectivity index is 1.98. The third-order valence-electron chi connectivity index (χ3n) is 3.56. The molecule has 20 heavy (non-hydrogen) atoms. The summed E-state index contributed by atoms with van der Waals surface area (Å²) >= 11 is 0. The Morgan fingerprint density at radius 3 is 2.85 bits per heavy atom. The fourth-order valence-electron chi connectivity index (χ4n) is 2.29. The van der Waals surface area contributed by atoms with E-state index in [1.807, 2.05) is 6.92 Å². The minimum atomic E-state index is -0.921. The number of aliphatic carboxylic acids is 1. The number of amides is 1. The molecule has 1 aliphatic rings. The zero-order valence-electron chi connectivity index (χ0n) is 11.5. The number of anilines is 1. The lowest BCUT2D eigenvalue weighted by Crippen LogP contribution is -2.46. The second-order valence-electron chi connectivity index (χ2n) is 5.40. The Bertz CT molecular complexity index is 493. The van der Waals surface area contributed by atoms with Gasteiger partial charge in [-0.25, -0.2) is 0 Å². The predicted molar refractivity (Wildman–Crippen MR) is 74.4 cm³/mol. The number of hydrogen-bond acceptors (Lipinski definition) is 4. The van der Waals surface area contributed by atoms with Crippen molar-refractivity contribution in [3.05, 3.63) is 24.0 Å². The number of nitrogens with zero attached hydrogens (tertiary/aromatic N) is 1. The summed E-state index contributed by atoms with van der Waals surface area (Å²) in [5.74, 6) is -0.951. The summed E-state index contributed by atoms with van der Waals surface area (Å²) in [7, 11) is 0. The summed E-state index contributed by atoms with van der Waals surface area (Å²) in [5, 5.41) is 14.7. The topological polar surface area (TPSA) is 91.3 Å². The van der Waals surface area contributed by atoms with Gasteiger partial charge in [0.15, 0.2) is 0 Å². The van der Waals surface area contributed by atoms with E-state index >= 15 is 0 Å². The van der Waals surface area contributed by atoms with Crippen molar-refractivity contribution >= 4 is 17.6 Å². The molecule has 0 aromatic carbocycles. The van der Waals surface area contributed by atoms with Gasteiger partial charge in [0.25, 0.3) is 0 Å². The number of pyridine rings is 1. The van der Waals surface area contributed by atoms with E-state index in [1.165, 1.54) is 6.20 Å². The van der Waals surface area contributed by atoms with Crippen LogP contribution in [-0.2, 0) is 16.0 Å². The van der Waals surface area contributed by atoms with E-state index in [-0.39, 0.29) is 12.3 Å². The summed E-state index contributed by atoms with van der Waals surface area (Å²) in [6, 6.07) is 3.30. The molecule has 3 N–H and O–H groups in total. The van der Waals surface area contributed by atoms with Crippen LogP contribution < -0.4 is 10.6 Å². The van der Waals surface area contributed by atoms with Crippen LogP contribution in [0.3, 0.4) is 0 Å². The maximum atomic E-state index is 12.3. The molecule has 1 atom stereocenters. The number of rotatable bonds is 4. The lowest BCUT2D eigenvalue weighted by atomic mass is 9.82. The maximum Gasteiger partial charge on any atom is 0.309 e. The van der Waals surface area contributed by atoms with Crippen molar-refractivity contribution < 1.29 is 14.7 Å². The van der Waals surface area contributed by atoms with Gasteiger partial charge >= 0.3 is 5.97 Å². The van der Waals surface area contributed by atoms with Gasteiger partial charge in [-0.05, 0) is 38.4 Å². The highest BCUT2D eigenvalue weighted by atomic mass is 16.4. The second kappa shape index (κ2) is 6.00.